The average Bonchev–Trinajstić information content (AvgIpc) is 2.87. The highest BCUT2D eigenvalue weighted by atomic mass is 32.2. The van der Waals surface area contributed by atoms with Gasteiger partial charge in [-0.15, -0.1) is 0 Å². The average molecular weight is 492 g/mol. The zero-order valence-electron chi connectivity index (χ0n) is 21.0. The Balaban J connectivity index is 1.35. The lowest BCUT2D eigenvalue weighted by Gasteiger charge is -2.62. The van der Waals surface area contributed by atoms with Crippen molar-refractivity contribution in [3.05, 3.63) is 72.3 Å². The largest absolute Gasteiger partial charge is 0.469 e. The predicted molar refractivity (Wildman–Crippen MR) is 141 cm³/mol. The molecule has 0 spiro atoms. The van der Waals surface area contributed by atoms with E-state index in [2.05, 4.69) is 43.4 Å². The van der Waals surface area contributed by atoms with Gasteiger partial charge in [0.05, 0.1) is 7.11 Å². The van der Waals surface area contributed by atoms with Gasteiger partial charge >= 0.3 is 5.97 Å². The third kappa shape index (κ3) is 6.19. The van der Waals surface area contributed by atoms with Crippen LogP contribution in [0.25, 0.3) is 0 Å². The van der Waals surface area contributed by atoms with E-state index in [1.807, 2.05) is 42.5 Å². The summed E-state index contributed by atoms with van der Waals surface area (Å²) >= 11 is 1.70. The Morgan fingerprint density at radius 3 is 2.43 bits per heavy atom. The summed E-state index contributed by atoms with van der Waals surface area (Å²) in [5.74, 6) is 1.60. The minimum absolute atomic E-state index is 0.0273. The van der Waals surface area contributed by atoms with Crippen molar-refractivity contribution in [3.8, 4) is 0 Å². The summed E-state index contributed by atoms with van der Waals surface area (Å²) in [4.78, 5) is 26.8. The minimum Gasteiger partial charge on any atom is -0.469 e. The first-order chi connectivity index (χ1) is 16.9. The third-order valence-electron chi connectivity index (χ3n) is 8.05. The van der Waals surface area contributed by atoms with Gasteiger partial charge < -0.3 is 10.1 Å². The minimum atomic E-state index is -0.150. The molecule has 2 aromatic carbocycles. The van der Waals surface area contributed by atoms with Gasteiger partial charge in [0, 0.05) is 27.8 Å². The highest BCUT2D eigenvalue weighted by molar-refractivity contribution is 7.99. The van der Waals surface area contributed by atoms with Crippen LogP contribution in [0.3, 0.4) is 0 Å². The number of hydrogen-bond donors (Lipinski definition) is 1. The van der Waals surface area contributed by atoms with E-state index >= 15 is 0 Å². The van der Waals surface area contributed by atoms with E-state index in [1.165, 1.54) is 18.4 Å². The van der Waals surface area contributed by atoms with E-state index in [4.69, 9.17) is 4.74 Å². The maximum absolute atomic E-state index is 13.2. The van der Waals surface area contributed by atoms with Gasteiger partial charge in [-0.3, -0.25) is 9.59 Å². The molecule has 35 heavy (non-hydrogen) atoms. The molecular formula is C30H37NO3S. The Morgan fingerprint density at radius 2 is 1.74 bits per heavy atom. The fourth-order valence-electron chi connectivity index (χ4n) is 5.76. The Labute approximate surface area is 213 Å². The highest BCUT2D eigenvalue weighted by Crippen LogP contribution is 2.61. The number of carbonyl (C=O) groups excluding carboxylic acids is 2. The lowest BCUT2D eigenvalue weighted by Crippen LogP contribution is -2.63. The number of nitrogens with one attached hydrogen (secondary N) is 1. The van der Waals surface area contributed by atoms with Crippen molar-refractivity contribution in [2.75, 3.05) is 7.11 Å². The van der Waals surface area contributed by atoms with Gasteiger partial charge in [0.15, 0.2) is 0 Å². The molecule has 0 heterocycles. The van der Waals surface area contributed by atoms with Gasteiger partial charge in [0.1, 0.15) is 0 Å². The second-order valence-corrected chi connectivity index (χ2v) is 11.6. The SMILES string of the molecule is COC(=O)CCC/C=C\C[C@H]1C[C@H]2C[C@@H]([C@@H]1NC(=O)c1ccc(Sc3ccccc3)cc1)C2(C)C. The van der Waals surface area contributed by atoms with Crippen LogP contribution in [-0.4, -0.2) is 25.0 Å². The fourth-order valence-corrected chi connectivity index (χ4v) is 6.59. The van der Waals surface area contributed by atoms with E-state index in [-0.39, 0.29) is 23.3 Å². The van der Waals surface area contributed by atoms with Crippen LogP contribution < -0.4 is 5.32 Å². The van der Waals surface area contributed by atoms with E-state index in [0.717, 1.165) is 42.1 Å². The predicted octanol–water partition coefficient (Wildman–Crippen LogP) is 6.91. The molecule has 3 aliphatic carbocycles. The van der Waals surface area contributed by atoms with E-state index in [1.54, 1.807) is 11.8 Å². The molecule has 3 aliphatic rings. The number of carbonyl (C=O) groups is 2. The fraction of sp³-hybridized carbons (Fsp3) is 0.467. The number of unbranched alkanes of at least 4 members (excludes halogenated alkanes) is 1. The Bertz CT molecular complexity index is 1030. The molecule has 3 fully saturated rings. The van der Waals surface area contributed by atoms with Crippen LogP contribution in [0.5, 0.6) is 0 Å². The molecule has 0 radical (unpaired) electrons. The number of amides is 1. The van der Waals surface area contributed by atoms with Crippen molar-refractivity contribution in [3.63, 3.8) is 0 Å². The zero-order valence-corrected chi connectivity index (χ0v) is 21.9. The van der Waals surface area contributed by atoms with Crippen LogP contribution >= 0.6 is 11.8 Å². The number of methoxy groups -OCH3 is 1. The molecule has 3 saturated carbocycles. The standard InChI is InChI=1S/C30H37NO3S/c1-30(2)23-19-22(11-7-4-5-10-14-27(32)34-3)28(26(30)20-23)31-29(33)21-15-17-25(18-16-21)35-24-12-8-6-9-13-24/h4,6-9,12-13,15-18,22-23,26,28H,5,10-11,14,19-20H2,1-3H3,(H,31,33)/b7-4-/t22-,23-,26-,28+/m0/s1. The van der Waals surface area contributed by atoms with Crippen molar-refractivity contribution in [1.82, 2.24) is 5.32 Å². The molecule has 0 unspecified atom stereocenters. The topological polar surface area (TPSA) is 55.4 Å². The van der Waals surface area contributed by atoms with E-state index in [9.17, 15) is 9.59 Å². The van der Waals surface area contributed by atoms with Crippen LogP contribution in [0.1, 0.15) is 62.7 Å². The number of ether oxygens (including phenoxy) is 1. The summed E-state index contributed by atoms with van der Waals surface area (Å²) in [5, 5.41) is 3.43. The van der Waals surface area contributed by atoms with Crippen LogP contribution in [-0.2, 0) is 9.53 Å². The van der Waals surface area contributed by atoms with Crippen LogP contribution in [0, 0.1) is 23.2 Å². The van der Waals surface area contributed by atoms with Crippen LogP contribution in [0.4, 0.5) is 0 Å². The lowest BCUT2D eigenvalue weighted by molar-refractivity contribution is -0.140. The van der Waals surface area contributed by atoms with Gasteiger partial charge in [0.2, 0.25) is 0 Å². The van der Waals surface area contributed by atoms with E-state index in [0.29, 0.717) is 18.3 Å². The summed E-state index contributed by atoms with van der Waals surface area (Å²) in [5.41, 5.74) is 1.01. The number of rotatable bonds is 10. The summed E-state index contributed by atoms with van der Waals surface area (Å²) in [6.07, 6.45) is 9.92. The molecule has 5 heteroatoms. The quantitative estimate of drug-likeness (QED) is 0.223. The molecular weight excluding hydrogens is 454 g/mol. The molecule has 2 aromatic rings. The monoisotopic (exact) mass is 491 g/mol. The molecule has 186 valence electrons. The van der Waals surface area contributed by atoms with Crippen LogP contribution in [0.15, 0.2) is 76.5 Å². The van der Waals surface area contributed by atoms with Crippen molar-refractivity contribution < 1.29 is 14.3 Å². The number of benzene rings is 2. The molecule has 0 saturated heterocycles. The normalized spacial score (nSPS) is 24.5. The molecule has 0 aromatic heterocycles. The molecule has 5 rings (SSSR count). The molecule has 1 N–H and O–H groups in total. The van der Waals surface area contributed by atoms with Gasteiger partial charge in [0.25, 0.3) is 5.91 Å². The van der Waals surface area contributed by atoms with E-state index < -0.39 is 0 Å². The molecule has 1 amide bonds. The molecule has 0 aliphatic heterocycles. The summed E-state index contributed by atoms with van der Waals surface area (Å²) < 4.78 is 4.70. The van der Waals surface area contributed by atoms with Gasteiger partial charge in [-0.1, -0.05) is 56.0 Å². The Hall–Kier alpha value is -2.53. The first-order valence-corrected chi connectivity index (χ1v) is 13.6. The molecule has 4 atom stereocenters. The smallest absolute Gasteiger partial charge is 0.305 e. The van der Waals surface area contributed by atoms with Crippen molar-refractivity contribution in [1.29, 1.82) is 0 Å². The lowest BCUT2D eigenvalue weighted by atomic mass is 9.44. The van der Waals surface area contributed by atoms with Crippen molar-refractivity contribution >= 4 is 23.6 Å². The third-order valence-corrected chi connectivity index (χ3v) is 9.07. The Morgan fingerprint density at radius 1 is 1.03 bits per heavy atom. The molecule has 2 bridgehead atoms. The first kappa shape index (κ1) is 25.6. The van der Waals surface area contributed by atoms with Gasteiger partial charge in [-0.05, 0) is 91.7 Å². The highest BCUT2D eigenvalue weighted by Gasteiger charge is 2.57. The summed E-state index contributed by atoms with van der Waals surface area (Å²) in [6.45, 7) is 4.72. The maximum atomic E-state index is 13.2. The number of allylic oxidation sites excluding steroid dienone is 2. The van der Waals surface area contributed by atoms with Crippen molar-refractivity contribution in [2.24, 2.45) is 23.2 Å². The Kier molecular flexibility index (Phi) is 8.38. The summed E-state index contributed by atoms with van der Waals surface area (Å²) in [6, 6.07) is 18.4. The van der Waals surface area contributed by atoms with Gasteiger partial charge in [-0.2, -0.15) is 0 Å². The second kappa shape index (κ2) is 11.5. The number of hydrogen-bond acceptors (Lipinski definition) is 4. The molecule has 4 nitrogen and oxygen atoms in total. The first-order valence-electron chi connectivity index (χ1n) is 12.7. The van der Waals surface area contributed by atoms with Crippen molar-refractivity contribution in [2.45, 2.75) is 68.2 Å². The zero-order chi connectivity index (χ0) is 24.8. The number of fused-ring (bicyclic) bond motifs is 2. The second-order valence-electron chi connectivity index (χ2n) is 10.5. The maximum Gasteiger partial charge on any atom is 0.305 e. The van der Waals surface area contributed by atoms with Gasteiger partial charge in [-0.25, -0.2) is 0 Å². The summed E-state index contributed by atoms with van der Waals surface area (Å²) in [7, 11) is 1.43. The van der Waals surface area contributed by atoms with Crippen LogP contribution in [0.2, 0.25) is 0 Å². The number of esters is 1.